The fourth-order valence-corrected chi connectivity index (χ4v) is 2.75. The van der Waals surface area contributed by atoms with E-state index in [0.29, 0.717) is 22.1 Å². The summed E-state index contributed by atoms with van der Waals surface area (Å²) < 4.78 is 10.4. The van der Waals surface area contributed by atoms with Gasteiger partial charge >= 0.3 is 0 Å². The van der Waals surface area contributed by atoms with Gasteiger partial charge in [-0.05, 0) is 18.2 Å². The largest absolute Gasteiger partial charge is 0.497 e. The number of aliphatic hydroxyl groups is 1. The van der Waals surface area contributed by atoms with Gasteiger partial charge in [0.25, 0.3) is 0 Å². The lowest BCUT2D eigenvalue weighted by Gasteiger charge is -2.14. The van der Waals surface area contributed by atoms with E-state index >= 15 is 0 Å². The third-order valence-corrected chi connectivity index (χ3v) is 3.93. The van der Waals surface area contributed by atoms with Crippen molar-refractivity contribution in [3.63, 3.8) is 0 Å². The first-order chi connectivity index (χ1) is 8.65. The minimum Gasteiger partial charge on any atom is -0.497 e. The molecule has 0 aliphatic carbocycles. The Bertz CT molecular complexity index is 539. The molecule has 0 radical (unpaired) electrons. The smallest absolute Gasteiger partial charge is 0.128 e. The first-order valence-electron chi connectivity index (χ1n) is 5.29. The highest BCUT2D eigenvalue weighted by molar-refractivity contribution is 7.10. The van der Waals surface area contributed by atoms with Gasteiger partial charge in [0.05, 0.1) is 19.2 Å². The molecule has 3 nitrogen and oxygen atoms in total. The van der Waals surface area contributed by atoms with Crippen LogP contribution in [0.3, 0.4) is 0 Å². The highest BCUT2D eigenvalue weighted by Crippen LogP contribution is 2.36. The summed E-state index contributed by atoms with van der Waals surface area (Å²) in [7, 11) is 3.15. The Morgan fingerprint density at radius 3 is 2.56 bits per heavy atom. The number of hydrogen-bond acceptors (Lipinski definition) is 4. The molecule has 0 amide bonds. The number of aliphatic hydroxyl groups excluding tert-OH is 1. The second kappa shape index (κ2) is 5.61. The van der Waals surface area contributed by atoms with Crippen molar-refractivity contribution in [3.8, 4) is 11.5 Å². The zero-order valence-corrected chi connectivity index (χ0v) is 11.6. The number of hydrogen-bond donors (Lipinski definition) is 1. The van der Waals surface area contributed by atoms with Gasteiger partial charge in [0.1, 0.15) is 17.6 Å². The Morgan fingerprint density at radius 2 is 2.00 bits per heavy atom. The Kier molecular flexibility index (Phi) is 4.11. The van der Waals surface area contributed by atoms with E-state index in [4.69, 9.17) is 21.1 Å². The molecule has 1 heterocycles. The molecule has 5 heteroatoms. The highest BCUT2D eigenvalue weighted by atomic mass is 35.5. The van der Waals surface area contributed by atoms with Gasteiger partial charge in [-0.25, -0.2) is 0 Å². The molecule has 1 atom stereocenters. The summed E-state index contributed by atoms with van der Waals surface area (Å²) in [6.07, 6.45) is -0.747. The van der Waals surface area contributed by atoms with E-state index in [-0.39, 0.29) is 0 Å². The lowest BCUT2D eigenvalue weighted by Crippen LogP contribution is -2.01. The summed E-state index contributed by atoms with van der Waals surface area (Å²) in [5, 5.41) is 12.7. The lowest BCUT2D eigenvalue weighted by atomic mass is 10.1. The van der Waals surface area contributed by atoms with Gasteiger partial charge in [0.2, 0.25) is 0 Å². The Balaban J connectivity index is 2.38. The molecule has 0 saturated heterocycles. The van der Waals surface area contributed by atoms with Crippen molar-refractivity contribution >= 4 is 22.9 Å². The molecule has 1 N–H and O–H groups in total. The minimum absolute atomic E-state index is 0.589. The molecule has 0 fully saturated rings. The standard InChI is InChI=1S/C13H13ClO3S/c1-16-9-3-4-10(11(6-9)17-2)13(15)12-5-8(14)7-18-12/h3-7,13,15H,1-2H3. The Labute approximate surface area is 115 Å². The highest BCUT2D eigenvalue weighted by Gasteiger charge is 2.17. The van der Waals surface area contributed by atoms with Crippen molar-refractivity contribution in [1.29, 1.82) is 0 Å². The third-order valence-electron chi connectivity index (χ3n) is 2.59. The lowest BCUT2D eigenvalue weighted by molar-refractivity contribution is 0.218. The van der Waals surface area contributed by atoms with Crippen LogP contribution in [0.15, 0.2) is 29.6 Å². The van der Waals surface area contributed by atoms with Crippen LogP contribution < -0.4 is 9.47 Å². The van der Waals surface area contributed by atoms with Crippen molar-refractivity contribution in [2.24, 2.45) is 0 Å². The summed E-state index contributed by atoms with van der Waals surface area (Å²) in [6, 6.07) is 7.07. The van der Waals surface area contributed by atoms with E-state index in [1.165, 1.54) is 11.3 Å². The first kappa shape index (κ1) is 13.2. The van der Waals surface area contributed by atoms with Gasteiger partial charge < -0.3 is 14.6 Å². The Morgan fingerprint density at radius 1 is 1.22 bits per heavy atom. The molecule has 96 valence electrons. The average molecular weight is 285 g/mol. The number of benzene rings is 1. The van der Waals surface area contributed by atoms with Gasteiger partial charge in [-0.3, -0.25) is 0 Å². The van der Waals surface area contributed by atoms with Crippen molar-refractivity contribution in [2.75, 3.05) is 14.2 Å². The number of ether oxygens (including phenoxy) is 2. The zero-order chi connectivity index (χ0) is 13.1. The van der Waals surface area contributed by atoms with Crippen LogP contribution in [-0.4, -0.2) is 19.3 Å². The van der Waals surface area contributed by atoms with Crippen LogP contribution in [0.5, 0.6) is 11.5 Å². The first-order valence-corrected chi connectivity index (χ1v) is 6.55. The number of thiophene rings is 1. The fourth-order valence-electron chi connectivity index (χ4n) is 1.67. The number of rotatable bonds is 4. The number of halogens is 1. The topological polar surface area (TPSA) is 38.7 Å². The van der Waals surface area contributed by atoms with Gasteiger partial charge in [-0.1, -0.05) is 11.6 Å². The molecule has 2 rings (SSSR count). The number of methoxy groups -OCH3 is 2. The maximum Gasteiger partial charge on any atom is 0.128 e. The molecule has 2 aromatic rings. The van der Waals surface area contributed by atoms with Gasteiger partial charge in [0, 0.05) is 21.9 Å². The van der Waals surface area contributed by atoms with Crippen LogP contribution in [0.2, 0.25) is 5.02 Å². The summed E-state index contributed by atoms with van der Waals surface area (Å²) in [5.74, 6) is 1.28. The average Bonchev–Trinajstić information content (AvgIpc) is 2.83. The molecule has 0 spiro atoms. The van der Waals surface area contributed by atoms with Crippen molar-refractivity contribution in [1.82, 2.24) is 0 Å². The predicted molar refractivity (Wildman–Crippen MR) is 72.9 cm³/mol. The van der Waals surface area contributed by atoms with Crippen LogP contribution in [0.4, 0.5) is 0 Å². The molecule has 0 aliphatic rings. The van der Waals surface area contributed by atoms with E-state index < -0.39 is 6.10 Å². The molecule has 1 aromatic heterocycles. The molecule has 0 saturated carbocycles. The normalized spacial score (nSPS) is 12.2. The molecular weight excluding hydrogens is 272 g/mol. The molecular formula is C13H13ClO3S. The van der Waals surface area contributed by atoms with Crippen LogP contribution in [0, 0.1) is 0 Å². The third kappa shape index (κ3) is 2.61. The second-order valence-electron chi connectivity index (χ2n) is 3.68. The summed E-state index contributed by atoms with van der Waals surface area (Å²) >= 11 is 7.27. The van der Waals surface area contributed by atoms with Crippen LogP contribution in [0.25, 0.3) is 0 Å². The van der Waals surface area contributed by atoms with E-state index in [0.717, 1.165) is 4.88 Å². The molecule has 0 bridgehead atoms. The van der Waals surface area contributed by atoms with E-state index in [2.05, 4.69) is 0 Å². The van der Waals surface area contributed by atoms with Gasteiger partial charge in [0.15, 0.2) is 0 Å². The zero-order valence-electron chi connectivity index (χ0n) is 10.0. The van der Waals surface area contributed by atoms with E-state index in [9.17, 15) is 5.11 Å². The van der Waals surface area contributed by atoms with E-state index in [1.54, 1.807) is 43.9 Å². The summed E-state index contributed by atoms with van der Waals surface area (Å²) in [4.78, 5) is 0.781. The van der Waals surface area contributed by atoms with E-state index in [1.807, 2.05) is 0 Å². The second-order valence-corrected chi connectivity index (χ2v) is 5.06. The monoisotopic (exact) mass is 284 g/mol. The molecule has 0 aliphatic heterocycles. The van der Waals surface area contributed by atoms with Crippen LogP contribution in [-0.2, 0) is 0 Å². The van der Waals surface area contributed by atoms with Crippen LogP contribution >= 0.6 is 22.9 Å². The SMILES string of the molecule is COc1ccc(C(O)c2cc(Cl)cs2)c(OC)c1. The molecule has 1 unspecified atom stereocenters. The maximum atomic E-state index is 10.3. The Hall–Kier alpha value is -1.23. The maximum absolute atomic E-state index is 10.3. The quantitative estimate of drug-likeness (QED) is 0.934. The van der Waals surface area contributed by atoms with Crippen molar-refractivity contribution < 1.29 is 14.6 Å². The van der Waals surface area contributed by atoms with Crippen molar-refractivity contribution in [3.05, 3.63) is 45.1 Å². The molecule has 1 aromatic carbocycles. The molecule has 18 heavy (non-hydrogen) atoms. The fraction of sp³-hybridized carbons (Fsp3) is 0.231. The summed E-state index contributed by atoms with van der Waals surface area (Å²) in [6.45, 7) is 0. The van der Waals surface area contributed by atoms with Crippen LogP contribution in [0.1, 0.15) is 16.5 Å². The van der Waals surface area contributed by atoms with Crippen molar-refractivity contribution in [2.45, 2.75) is 6.10 Å². The van der Waals surface area contributed by atoms with Gasteiger partial charge in [-0.15, -0.1) is 11.3 Å². The minimum atomic E-state index is -0.747. The summed E-state index contributed by atoms with van der Waals surface area (Å²) in [5.41, 5.74) is 0.691. The van der Waals surface area contributed by atoms with Gasteiger partial charge in [-0.2, -0.15) is 0 Å². The predicted octanol–water partition coefficient (Wildman–Crippen LogP) is 3.50.